The van der Waals surface area contributed by atoms with E-state index in [0.29, 0.717) is 10.9 Å². The number of rotatable bonds is 1. The van der Waals surface area contributed by atoms with Gasteiger partial charge in [-0.05, 0) is 0 Å². The van der Waals surface area contributed by atoms with Crippen LogP contribution in [0.3, 0.4) is 0 Å². The second-order valence-electron chi connectivity index (χ2n) is 1.73. The second kappa shape index (κ2) is 3.30. The number of hydrogen-bond acceptors (Lipinski definition) is 1. The standard InChI is InChI=1S/C6H4BrClFN/c7-1-4-2-10-3-5(9)6(4)8/h2-3H,1H2. The Hall–Kier alpha value is -0.150. The van der Waals surface area contributed by atoms with Crippen molar-refractivity contribution >= 4 is 27.5 Å². The second-order valence-corrected chi connectivity index (χ2v) is 2.67. The summed E-state index contributed by atoms with van der Waals surface area (Å²) >= 11 is 8.70. The van der Waals surface area contributed by atoms with Gasteiger partial charge in [0.05, 0.1) is 11.2 Å². The van der Waals surface area contributed by atoms with Crippen LogP contribution in [0.15, 0.2) is 12.4 Å². The predicted molar refractivity (Wildman–Crippen MR) is 41.8 cm³/mol. The van der Waals surface area contributed by atoms with Crippen LogP contribution in [0, 0.1) is 5.82 Å². The number of nitrogens with zero attached hydrogens (tertiary/aromatic N) is 1. The fourth-order valence-corrected chi connectivity index (χ4v) is 1.30. The van der Waals surface area contributed by atoms with E-state index < -0.39 is 5.82 Å². The summed E-state index contributed by atoms with van der Waals surface area (Å²) in [5.74, 6) is -0.474. The highest BCUT2D eigenvalue weighted by atomic mass is 79.9. The van der Waals surface area contributed by atoms with E-state index in [1.54, 1.807) is 0 Å². The summed E-state index contributed by atoms with van der Waals surface area (Å²) in [5, 5.41) is 0.670. The van der Waals surface area contributed by atoms with E-state index in [0.717, 1.165) is 6.20 Å². The predicted octanol–water partition coefficient (Wildman–Crippen LogP) is 2.77. The number of halogens is 3. The highest BCUT2D eigenvalue weighted by Crippen LogP contribution is 2.19. The van der Waals surface area contributed by atoms with Gasteiger partial charge in [-0.3, -0.25) is 4.98 Å². The first-order valence-electron chi connectivity index (χ1n) is 2.59. The van der Waals surface area contributed by atoms with Gasteiger partial charge in [0.1, 0.15) is 0 Å². The lowest BCUT2D eigenvalue weighted by molar-refractivity contribution is 0.620. The molecule has 1 aromatic rings. The first-order chi connectivity index (χ1) is 4.75. The van der Waals surface area contributed by atoms with Gasteiger partial charge in [-0.1, -0.05) is 27.5 Å². The van der Waals surface area contributed by atoms with Gasteiger partial charge < -0.3 is 0 Å². The van der Waals surface area contributed by atoms with E-state index in [2.05, 4.69) is 20.9 Å². The SMILES string of the molecule is Fc1cncc(CBr)c1Cl. The molecule has 0 spiro atoms. The topological polar surface area (TPSA) is 12.9 Å². The Morgan fingerprint density at radius 2 is 2.30 bits per heavy atom. The molecule has 0 bridgehead atoms. The van der Waals surface area contributed by atoms with Gasteiger partial charge in [0, 0.05) is 17.1 Å². The van der Waals surface area contributed by atoms with Crippen LogP contribution in [-0.2, 0) is 5.33 Å². The van der Waals surface area contributed by atoms with Crippen molar-refractivity contribution in [3.63, 3.8) is 0 Å². The normalized spacial score (nSPS) is 9.90. The molecule has 1 rings (SSSR count). The lowest BCUT2D eigenvalue weighted by Gasteiger charge is -1.97. The maximum absolute atomic E-state index is 12.6. The third-order valence-electron chi connectivity index (χ3n) is 1.05. The van der Waals surface area contributed by atoms with E-state index in [1.807, 2.05) is 0 Å². The van der Waals surface area contributed by atoms with Crippen LogP contribution in [0.25, 0.3) is 0 Å². The van der Waals surface area contributed by atoms with E-state index in [9.17, 15) is 4.39 Å². The van der Waals surface area contributed by atoms with Crippen molar-refractivity contribution in [2.24, 2.45) is 0 Å². The Morgan fingerprint density at radius 1 is 1.60 bits per heavy atom. The fraction of sp³-hybridized carbons (Fsp3) is 0.167. The molecule has 0 aliphatic carbocycles. The van der Waals surface area contributed by atoms with E-state index >= 15 is 0 Å². The maximum atomic E-state index is 12.6. The maximum Gasteiger partial charge on any atom is 0.160 e. The van der Waals surface area contributed by atoms with Crippen molar-refractivity contribution in [3.05, 3.63) is 28.8 Å². The molecular formula is C6H4BrClFN. The van der Waals surface area contributed by atoms with Crippen LogP contribution in [0.4, 0.5) is 4.39 Å². The van der Waals surface area contributed by atoms with Crippen LogP contribution in [0.5, 0.6) is 0 Å². The largest absolute Gasteiger partial charge is 0.261 e. The molecule has 1 aromatic heterocycles. The highest BCUT2D eigenvalue weighted by molar-refractivity contribution is 9.08. The first kappa shape index (κ1) is 7.95. The molecule has 0 aromatic carbocycles. The minimum Gasteiger partial charge on any atom is -0.261 e. The number of hydrogen-bond donors (Lipinski definition) is 0. The van der Waals surface area contributed by atoms with Crippen LogP contribution in [0.1, 0.15) is 5.56 Å². The molecule has 0 saturated carbocycles. The molecular weight excluding hydrogens is 220 g/mol. The van der Waals surface area contributed by atoms with Gasteiger partial charge in [-0.25, -0.2) is 4.39 Å². The van der Waals surface area contributed by atoms with Crippen molar-refractivity contribution in [2.75, 3.05) is 0 Å². The summed E-state index contributed by atoms with van der Waals surface area (Å²) in [6, 6.07) is 0. The minimum atomic E-state index is -0.474. The Bertz CT molecular complexity index is 241. The molecule has 1 heterocycles. The molecule has 0 N–H and O–H groups in total. The molecule has 10 heavy (non-hydrogen) atoms. The molecule has 54 valence electrons. The van der Waals surface area contributed by atoms with Crippen molar-refractivity contribution in [2.45, 2.75) is 5.33 Å². The molecule has 0 aliphatic heterocycles. The van der Waals surface area contributed by atoms with Crippen LogP contribution in [0.2, 0.25) is 5.02 Å². The molecule has 0 radical (unpaired) electrons. The van der Waals surface area contributed by atoms with Gasteiger partial charge in [-0.2, -0.15) is 0 Å². The summed E-state index contributed by atoms with van der Waals surface area (Å²) in [5.41, 5.74) is 0.668. The molecule has 0 unspecified atom stereocenters. The van der Waals surface area contributed by atoms with Crippen molar-refractivity contribution in [1.29, 1.82) is 0 Å². The molecule has 0 amide bonds. The smallest absolute Gasteiger partial charge is 0.160 e. The average Bonchev–Trinajstić information content (AvgIpc) is 1.95. The summed E-state index contributed by atoms with van der Waals surface area (Å²) < 4.78 is 12.6. The van der Waals surface area contributed by atoms with Crippen molar-refractivity contribution in [1.82, 2.24) is 4.98 Å². The zero-order valence-electron chi connectivity index (χ0n) is 4.94. The summed E-state index contributed by atoms with van der Waals surface area (Å²) in [6.07, 6.45) is 2.62. The fourth-order valence-electron chi connectivity index (χ4n) is 0.553. The van der Waals surface area contributed by atoms with Gasteiger partial charge in [-0.15, -0.1) is 0 Å². The molecule has 4 heteroatoms. The Morgan fingerprint density at radius 3 is 2.80 bits per heavy atom. The van der Waals surface area contributed by atoms with Gasteiger partial charge in [0.25, 0.3) is 0 Å². The monoisotopic (exact) mass is 223 g/mol. The van der Waals surface area contributed by atoms with Gasteiger partial charge >= 0.3 is 0 Å². The average molecular weight is 224 g/mol. The molecule has 0 aliphatic rings. The molecule has 0 fully saturated rings. The summed E-state index contributed by atoms with van der Waals surface area (Å²) in [4.78, 5) is 3.63. The Kier molecular flexibility index (Phi) is 2.63. The Balaban J connectivity index is 3.14. The highest BCUT2D eigenvalue weighted by Gasteiger charge is 2.03. The van der Waals surface area contributed by atoms with Crippen molar-refractivity contribution in [3.8, 4) is 0 Å². The molecule has 1 nitrogen and oxygen atoms in total. The zero-order valence-corrected chi connectivity index (χ0v) is 7.28. The van der Waals surface area contributed by atoms with Crippen LogP contribution >= 0.6 is 27.5 Å². The Labute approximate surface area is 71.4 Å². The van der Waals surface area contributed by atoms with Crippen LogP contribution in [-0.4, -0.2) is 4.98 Å². The lowest BCUT2D eigenvalue weighted by atomic mass is 10.3. The summed E-state index contributed by atoms with van der Waals surface area (Å²) in [7, 11) is 0. The minimum absolute atomic E-state index is 0.145. The number of aromatic nitrogens is 1. The summed E-state index contributed by atoms with van der Waals surface area (Å²) in [6.45, 7) is 0. The van der Waals surface area contributed by atoms with Gasteiger partial charge in [0.2, 0.25) is 0 Å². The number of alkyl halides is 1. The molecule has 0 saturated heterocycles. The zero-order chi connectivity index (χ0) is 7.56. The van der Waals surface area contributed by atoms with Gasteiger partial charge in [0.15, 0.2) is 5.82 Å². The van der Waals surface area contributed by atoms with E-state index in [-0.39, 0.29) is 5.02 Å². The first-order valence-corrected chi connectivity index (χ1v) is 4.09. The third kappa shape index (κ3) is 1.47. The van der Waals surface area contributed by atoms with Crippen LogP contribution < -0.4 is 0 Å². The number of pyridine rings is 1. The third-order valence-corrected chi connectivity index (χ3v) is 2.08. The lowest BCUT2D eigenvalue weighted by Crippen LogP contribution is -1.86. The van der Waals surface area contributed by atoms with E-state index in [4.69, 9.17) is 11.6 Å². The van der Waals surface area contributed by atoms with Crippen molar-refractivity contribution < 1.29 is 4.39 Å². The van der Waals surface area contributed by atoms with E-state index in [1.165, 1.54) is 6.20 Å². The quantitative estimate of drug-likeness (QED) is 0.669. The molecule has 0 atom stereocenters.